The molecule has 1 aromatic carbocycles. The summed E-state index contributed by atoms with van der Waals surface area (Å²) < 4.78 is 0. The lowest BCUT2D eigenvalue weighted by molar-refractivity contribution is -0.125. The highest BCUT2D eigenvalue weighted by Gasteiger charge is 2.48. The fourth-order valence-corrected chi connectivity index (χ4v) is 2.37. The van der Waals surface area contributed by atoms with E-state index in [0.29, 0.717) is 34.6 Å². The molecule has 4 nitrogen and oxygen atoms in total. The Kier molecular flexibility index (Phi) is 5.12. The molecule has 0 heterocycles. The second-order valence-corrected chi connectivity index (χ2v) is 6.54. The van der Waals surface area contributed by atoms with Gasteiger partial charge in [0.25, 0.3) is 0 Å². The van der Waals surface area contributed by atoms with Gasteiger partial charge >= 0.3 is 0 Å². The van der Waals surface area contributed by atoms with Gasteiger partial charge in [-0.15, -0.1) is 0 Å². The van der Waals surface area contributed by atoms with Crippen LogP contribution in [0.15, 0.2) is 18.2 Å². The first kappa shape index (κ1) is 16.1. The van der Waals surface area contributed by atoms with E-state index < -0.39 is 0 Å². The molecule has 1 aliphatic rings. The highest BCUT2D eigenvalue weighted by atomic mass is 35.5. The minimum atomic E-state index is -0.285. The van der Waals surface area contributed by atoms with Gasteiger partial charge in [-0.25, -0.2) is 0 Å². The third-order valence-electron chi connectivity index (χ3n) is 3.33. The van der Waals surface area contributed by atoms with Crippen LogP contribution >= 0.6 is 23.2 Å². The Morgan fingerprint density at radius 2 is 1.90 bits per heavy atom. The molecule has 2 atom stereocenters. The van der Waals surface area contributed by atoms with E-state index in [1.54, 1.807) is 18.2 Å². The smallest absolute Gasteiger partial charge is 0.228 e. The van der Waals surface area contributed by atoms with Crippen LogP contribution in [0.4, 0.5) is 5.69 Å². The van der Waals surface area contributed by atoms with Crippen LogP contribution < -0.4 is 10.6 Å². The number of hydrogen-bond donors (Lipinski definition) is 2. The molecule has 1 fully saturated rings. The summed E-state index contributed by atoms with van der Waals surface area (Å²) in [6.07, 6.45) is 0.577. The fraction of sp³-hybridized carbons (Fsp3) is 0.467. The molecule has 2 unspecified atom stereocenters. The summed E-state index contributed by atoms with van der Waals surface area (Å²) in [6.45, 7) is 4.68. The van der Waals surface area contributed by atoms with Crippen molar-refractivity contribution in [2.24, 2.45) is 17.8 Å². The van der Waals surface area contributed by atoms with Crippen molar-refractivity contribution in [2.75, 3.05) is 11.9 Å². The van der Waals surface area contributed by atoms with Crippen molar-refractivity contribution in [3.05, 3.63) is 28.2 Å². The van der Waals surface area contributed by atoms with Crippen molar-refractivity contribution in [2.45, 2.75) is 20.3 Å². The molecule has 114 valence electrons. The summed E-state index contributed by atoms with van der Waals surface area (Å²) in [5, 5.41) is 6.50. The predicted octanol–water partition coefficient (Wildman–Crippen LogP) is 3.34. The zero-order valence-corrected chi connectivity index (χ0v) is 13.5. The first-order valence-corrected chi connectivity index (χ1v) is 7.67. The van der Waals surface area contributed by atoms with Crippen LogP contribution in [0.25, 0.3) is 0 Å². The van der Waals surface area contributed by atoms with Crippen LogP contribution in [0.5, 0.6) is 0 Å². The molecule has 2 amide bonds. The van der Waals surface area contributed by atoms with Crippen molar-refractivity contribution < 1.29 is 9.59 Å². The topological polar surface area (TPSA) is 58.2 Å². The molecule has 0 spiro atoms. The fourth-order valence-electron chi connectivity index (χ4n) is 2.03. The molecule has 1 aromatic rings. The third kappa shape index (κ3) is 4.35. The summed E-state index contributed by atoms with van der Waals surface area (Å²) in [7, 11) is 0. The molecule has 21 heavy (non-hydrogen) atoms. The molecule has 1 aliphatic carbocycles. The summed E-state index contributed by atoms with van der Waals surface area (Å²) in [5.74, 6) is -0.371. The van der Waals surface area contributed by atoms with E-state index in [2.05, 4.69) is 10.6 Å². The van der Waals surface area contributed by atoms with E-state index in [-0.39, 0.29) is 23.7 Å². The lowest BCUT2D eigenvalue weighted by Crippen LogP contribution is -2.30. The third-order valence-corrected chi connectivity index (χ3v) is 3.90. The largest absolute Gasteiger partial charge is 0.356 e. The van der Waals surface area contributed by atoms with Crippen molar-refractivity contribution >= 4 is 40.7 Å². The monoisotopic (exact) mass is 328 g/mol. The Morgan fingerprint density at radius 1 is 1.24 bits per heavy atom. The molecule has 0 aliphatic heterocycles. The van der Waals surface area contributed by atoms with E-state index in [0.717, 1.165) is 0 Å². The Balaban J connectivity index is 1.88. The Hall–Kier alpha value is -1.26. The van der Waals surface area contributed by atoms with Gasteiger partial charge in [0.15, 0.2) is 0 Å². The maximum Gasteiger partial charge on any atom is 0.228 e. The van der Waals surface area contributed by atoms with Gasteiger partial charge in [-0.1, -0.05) is 37.0 Å². The average Bonchev–Trinajstić information content (AvgIpc) is 3.20. The van der Waals surface area contributed by atoms with Crippen LogP contribution in [0.2, 0.25) is 10.0 Å². The van der Waals surface area contributed by atoms with Crippen LogP contribution in [0.3, 0.4) is 0 Å². The second kappa shape index (κ2) is 6.67. The highest BCUT2D eigenvalue weighted by Crippen LogP contribution is 2.40. The predicted molar refractivity (Wildman–Crippen MR) is 84.5 cm³/mol. The maximum atomic E-state index is 12.1. The van der Waals surface area contributed by atoms with Crippen molar-refractivity contribution in [1.29, 1.82) is 0 Å². The van der Waals surface area contributed by atoms with E-state index in [1.807, 2.05) is 13.8 Å². The number of amides is 2. The molecular weight excluding hydrogens is 311 g/mol. The number of anilines is 1. The average molecular weight is 329 g/mol. The van der Waals surface area contributed by atoms with Crippen molar-refractivity contribution in [3.63, 3.8) is 0 Å². The first-order chi connectivity index (χ1) is 9.88. The zero-order chi connectivity index (χ0) is 15.6. The van der Waals surface area contributed by atoms with E-state index in [9.17, 15) is 9.59 Å². The minimum absolute atomic E-state index is 0.0546. The van der Waals surface area contributed by atoms with Crippen molar-refractivity contribution in [3.8, 4) is 0 Å². The molecular formula is C15H18Cl2N2O2. The van der Waals surface area contributed by atoms with E-state index in [4.69, 9.17) is 23.2 Å². The summed E-state index contributed by atoms with van der Waals surface area (Å²) in [6, 6.07) is 4.87. The minimum Gasteiger partial charge on any atom is -0.356 e. The van der Waals surface area contributed by atoms with Crippen molar-refractivity contribution in [1.82, 2.24) is 5.32 Å². The van der Waals surface area contributed by atoms with Crippen LogP contribution in [0, 0.1) is 17.8 Å². The summed E-state index contributed by atoms with van der Waals surface area (Å²) in [4.78, 5) is 24.0. The standard InChI is InChI=1S/C15H18Cl2N2O2/c1-8(2)7-18-14(20)10-6-11(10)15(21)19-13-5-9(16)3-4-12(13)17/h3-5,8,10-11H,6-7H2,1-2H3,(H,18,20)(H,19,21). The number of halogens is 2. The van der Waals surface area contributed by atoms with Gasteiger partial charge in [0.1, 0.15) is 0 Å². The van der Waals surface area contributed by atoms with E-state index in [1.165, 1.54) is 0 Å². The van der Waals surface area contributed by atoms with Crippen LogP contribution in [0.1, 0.15) is 20.3 Å². The Bertz CT molecular complexity index is 561. The molecule has 6 heteroatoms. The number of carbonyl (C=O) groups is 2. The van der Waals surface area contributed by atoms with Gasteiger partial charge in [-0.05, 0) is 30.5 Å². The van der Waals surface area contributed by atoms with E-state index >= 15 is 0 Å². The molecule has 0 saturated heterocycles. The van der Waals surface area contributed by atoms with Gasteiger partial charge in [0.05, 0.1) is 22.5 Å². The molecule has 2 N–H and O–H groups in total. The first-order valence-electron chi connectivity index (χ1n) is 6.92. The summed E-state index contributed by atoms with van der Waals surface area (Å²) >= 11 is 11.9. The lowest BCUT2D eigenvalue weighted by Gasteiger charge is -2.09. The van der Waals surface area contributed by atoms with Crippen LogP contribution in [-0.4, -0.2) is 18.4 Å². The maximum absolute atomic E-state index is 12.1. The van der Waals surface area contributed by atoms with Gasteiger partial charge < -0.3 is 10.6 Å². The molecule has 1 saturated carbocycles. The number of carbonyl (C=O) groups excluding carboxylic acids is 2. The number of nitrogens with one attached hydrogen (secondary N) is 2. The van der Waals surface area contributed by atoms with Crippen LogP contribution in [-0.2, 0) is 9.59 Å². The normalized spacial score (nSPS) is 20.2. The lowest BCUT2D eigenvalue weighted by atomic mass is 10.2. The summed E-state index contributed by atoms with van der Waals surface area (Å²) in [5.41, 5.74) is 0.474. The zero-order valence-electron chi connectivity index (χ0n) is 12.0. The Labute approximate surface area is 134 Å². The van der Waals surface area contributed by atoms with Gasteiger partial charge in [0, 0.05) is 11.6 Å². The molecule has 0 bridgehead atoms. The number of rotatable bonds is 5. The Morgan fingerprint density at radius 3 is 2.57 bits per heavy atom. The van der Waals surface area contributed by atoms with Gasteiger partial charge in [-0.3, -0.25) is 9.59 Å². The molecule has 0 aromatic heterocycles. The quantitative estimate of drug-likeness (QED) is 0.870. The highest BCUT2D eigenvalue weighted by molar-refractivity contribution is 6.35. The second-order valence-electron chi connectivity index (χ2n) is 5.70. The van der Waals surface area contributed by atoms with Gasteiger partial charge in [-0.2, -0.15) is 0 Å². The molecule has 0 radical (unpaired) electrons. The number of hydrogen-bond acceptors (Lipinski definition) is 2. The molecule has 2 rings (SSSR count). The SMILES string of the molecule is CC(C)CNC(=O)C1CC1C(=O)Nc1cc(Cl)ccc1Cl. The van der Waals surface area contributed by atoms with Gasteiger partial charge in [0.2, 0.25) is 11.8 Å². The number of benzene rings is 1.